The molecule has 1 N–H and O–H groups in total. The Hall–Kier alpha value is -2.30. The molecule has 5 heteroatoms. The van der Waals surface area contributed by atoms with Crippen molar-refractivity contribution in [2.24, 2.45) is 0 Å². The van der Waals surface area contributed by atoms with Crippen LogP contribution in [0.5, 0.6) is 0 Å². The van der Waals surface area contributed by atoms with E-state index in [-0.39, 0.29) is 24.4 Å². The van der Waals surface area contributed by atoms with Gasteiger partial charge < -0.3 is 14.6 Å². The number of carbonyl (C=O) groups excluding carboxylic acids is 2. The number of amides is 2. The quantitative estimate of drug-likeness (QED) is 0.944. The lowest BCUT2D eigenvalue weighted by molar-refractivity contribution is -0.133. The maximum atomic E-state index is 12.1. The first-order valence-electron chi connectivity index (χ1n) is 7.61. The molecule has 1 aliphatic rings. The first-order chi connectivity index (χ1) is 10.6. The summed E-state index contributed by atoms with van der Waals surface area (Å²) in [6, 6.07) is 7.60. The van der Waals surface area contributed by atoms with Crippen LogP contribution < -0.4 is 5.32 Å². The number of aryl methyl sites for hydroxylation is 1. The average Bonchev–Trinajstić information content (AvgIpc) is 3.04. The van der Waals surface area contributed by atoms with Gasteiger partial charge in [-0.05, 0) is 26.3 Å². The molecule has 5 nitrogen and oxygen atoms in total. The van der Waals surface area contributed by atoms with Crippen molar-refractivity contribution in [1.82, 2.24) is 10.2 Å². The lowest BCUT2D eigenvalue weighted by Gasteiger charge is -2.17. The zero-order chi connectivity index (χ0) is 15.7. The summed E-state index contributed by atoms with van der Waals surface area (Å²) in [7, 11) is 0. The number of rotatable bonds is 4. The van der Waals surface area contributed by atoms with Gasteiger partial charge in [-0.25, -0.2) is 0 Å². The van der Waals surface area contributed by atoms with E-state index in [0.717, 1.165) is 28.7 Å². The molecule has 1 aromatic carbocycles. The second-order valence-corrected chi connectivity index (χ2v) is 5.80. The summed E-state index contributed by atoms with van der Waals surface area (Å²) in [6.07, 6.45) is 1.38. The van der Waals surface area contributed by atoms with Gasteiger partial charge in [0.05, 0.1) is 12.6 Å². The monoisotopic (exact) mass is 300 g/mol. The van der Waals surface area contributed by atoms with E-state index in [1.165, 1.54) is 0 Å². The number of hydrogen-bond donors (Lipinski definition) is 1. The van der Waals surface area contributed by atoms with Crippen LogP contribution in [-0.4, -0.2) is 29.8 Å². The van der Waals surface area contributed by atoms with Gasteiger partial charge in [-0.3, -0.25) is 9.59 Å². The SMILES string of the molecule is Cc1c([C@@H](C)NC(=O)CN2CCCC2=O)oc2ccccc12. The lowest BCUT2D eigenvalue weighted by atomic mass is 10.1. The largest absolute Gasteiger partial charge is 0.459 e. The van der Waals surface area contributed by atoms with E-state index in [1.54, 1.807) is 4.90 Å². The van der Waals surface area contributed by atoms with Crippen LogP contribution in [-0.2, 0) is 9.59 Å². The molecular weight excluding hydrogens is 280 g/mol. The van der Waals surface area contributed by atoms with Crippen LogP contribution in [0.1, 0.15) is 37.1 Å². The fourth-order valence-electron chi connectivity index (χ4n) is 3.00. The number of benzene rings is 1. The minimum Gasteiger partial charge on any atom is -0.459 e. The topological polar surface area (TPSA) is 62.6 Å². The Kier molecular flexibility index (Phi) is 3.88. The van der Waals surface area contributed by atoms with Gasteiger partial charge >= 0.3 is 0 Å². The van der Waals surface area contributed by atoms with Gasteiger partial charge in [0.1, 0.15) is 11.3 Å². The third-order valence-electron chi connectivity index (χ3n) is 4.16. The first-order valence-corrected chi connectivity index (χ1v) is 7.61. The first kappa shape index (κ1) is 14.6. The highest BCUT2D eigenvalue weighted by molar-refractivity contribution is 5.86. The maximum Gasteiger partial charge on any atom is 0.240 e. The van der Waals surface area contributed by atoms with Gasteiger partial charge in [-0.2, -0.15) is 0 Å². The second-order valence-electron chi connectivity index (χ2n) is 5.80. The van der Waals surface area contributed by atoms with E-state index in [2.05, 4.69) is 5.32 Å². The Bertz CT molecular complexity index is 720. The van der Waals surface area contributed by atoms with Crippen LogP contribution in [0.2, 0.25) is 0 Å². The number of para-hydroxylation sites is 1. The van der Waals surface area contributed by atoms with Crippen LogP contribution >= 0.6 is 0 Å². The van der Waals surface area contributed by atoms with Crippen molar-refractivity contribution >= 4 is 22.8 Å². The molecule has 0 spiro atoms. The summed E-state index contributed by atoms with van der Waals surface area (Å²) < 4.78 is 5.86. The van der Waals surface area contributed by atoms with Crippen LogP contribution in [0, 0.1) is 6.92 Å². The molecule has 0 radical (unpaired) electrons. The van der Waals surface area contributed by atoms with E-state index in [0.29, 0.717) is 13.0 Å². The van der Waals surface area contributed by atoms with Crippen LogP contribution in [0.4, 0.5) is 0 Å². The van der Waals surface area contributed by atoms with Crippen molar-refractivity contribution in [2.75, 3.05) is 13.1 Å². The molecule has 1 saturated heterocycles. The minimum atomic E-state index is -0.224. The van der Waals surface area contributed by atoms with Gasteiger partial charge in [-0.15, -0.1) is 0 Å². The zero-order valence-electron chi connectivity index (χ0n) is 12.9. The number of likely N-dealkylation sites (tertiary alicyclic amines) is 1. The van der Waals surface area contributed by atoms with Crippen molar-refractivity contribution in [3.63, 3.8) is 0 Å². The lowest BCUT2D eigenvalue weighted by Crippen LogP contribution is -2.38. The van der Waals surface area contributed by atoms with E-state index in [4.69, 9.17) is 4.42 Å². The highest BCUT2D eigenvalue weighted by Crippen LogP contribution is 2.29. The molecule has 0 bridgehead atoms. The van der Waals surface area contributed by atoms with Crippen molar-refractivity contribution in [3.05, 3.63) is 35.6 Å². The summed E-state index contributed by atoms with van der Waals surface area (Å²) in [5, 5.41) is 3.98. The van der Waals surface area contributed by atoms with Gasteiger partial charge in [0.2, 0.25) is 11.8 Å². The van der Waals surface area contributed by atoms with Crippen molar-refractivity contribution < 1.29 is 14.0 Å². The molecule has 0 unspecified atom stereocenters. The summed E-state index contributed by atoms with van der Waals surface area (Å²) in [4.78, 5) is 25.3. The van der Waals surface area contributed by atoms with E-state index >= 15 is 0 Å². The molecule has 2 amide bonds. The average molecular weight is 300 g/mol. The number of fused-ring (bicyclic) bond motifs is 1. The number of hydrogen-bond acceptors (Lipinski definition) is 3. The third kappa shape index (κ3) is 2.71. The predicted octanol–water partition coefficient (Wildman–Crippen LogP) is 2.54. The molecule has 116 valence electrons. The number of furan rings is 1. The van der Waals surface area contributed by atoms with Gasteiger partial charge in [0.15, 0.2) is 0 Å². The Morgan fingerprint density at radius 2 is 2.18 bits per heavy atom. The van der Waals surface area contributed by atoms with Crippen molar-refractivity contribution in [2.45, 2.75) is 32.7 Å². The molecule has 1 aliphatic heterocycles. The van der Waals surface area contributed by atoms with Crippen molar-refractivity contribution in [1.29, 1.82) is 0 Å². The molecule has 0 saturated carbocycles. The number of nitrogens with zero attached hydrogens (tertiary/aromatic N) is 1. The van der Waals surface area contributed by atoms with Gasteiger partial charge in [0.25, 0.3) is 0 Å². The summed E-state index contributed by atoms with van der Waals surface area (Å²) in [5.41, 5.74) is 1.87. The van der Waals surface area contributed by atoms with Gasteiger partial charge in [0, 0.05) is 23.9 Å². The Morgan fingerprint density at radius 1 is 1.41 bits per heavy atom. The van der Waals surface area contributed by atoms with E-state index in [9.17, 15) is 9.59 Å². The van der Waals surface area contributed by atoms with Gasteiger partial charge in [-0.1, -0.05) is 18.2 Å². The van der Waals surface area contributed by atoms with E-state index < -0.39 is 0 Å². The van der Waals surface area contributed by atoms with Crippen LogP contribution in [0.3, 0.4) is 0 Å². The Labute approximate surface area is 129 Å². The third-order valence-corrected chi connectivity index (χ3v) is 4.16. The maximum absolute atomic E-state index is 12.1. The van der Waals surface area contributed by atoms with Crippen LogP contribution in [0.25, 0.3) is 11.0 Å². The number of nitrogens with one attached hydrogen (secondary N) is 1. The smallest absolute Gasteiger partial charge is 0.240 e. The summed E-state index contributed by atoms with van der Waals surface area (Å²) in [5.74, 6) is 0.674. The van der Waals surface area contributed by atoms with E-state index in [1.807, 2.05) is 38.1 Å². The molecule has 2 aromatic rings. The Balaban J connectivity index is 1.70. The molecule has 1 aromatic heterocycles. The predicted molar refractivity (Wildman–Crippen MR) is 83.3 cm³/mol. The zero-order valence-corrected chi connectivity index (χ0v) is 12.9. The molecule has 1 atom stereocenters. The fourth-order valence-corrected chi connectivity index (χ4v) is 3.00. The minimum absolute atomic E-state index is 0.0581. The standard InChI is InChI=1S/C17H20N2O3/c1-11-13-6-3-4-7-14(13)22-17(11)12(2)18-15(20)10-19-9-5-8-16(19)21/h3-4,6-7,12H,5,8-10H2,1-2H3,(H,18,20)/t12-/m1/s1. The summed E-state index contributed by atoms with van der Waals surface area (Å²) in [6.45, 7) is 4.69. The second kappa shape index (κ2) is 5.83. The number of carbonyl (C=O) groups is 2. The molecule has 2 heterocycles. The van der Waals surface area contributed by atoms with Crippen LogP contribution in [0.15, 0.2) is 28.7 Å². The normalized spacial score (nSPS) is 16.3. The summed E-state index contributed by atoms with van der Waals surface area (Å²) >= 11 is 0. The fraction of sp³-hybridized carbons (Fsp3) is 0.412. The molecule has 3 rings (SSSR count). The molecule has 0 aliphatic carbocycles. The highest BCUT2D eigenvalue weighted by atomic mass is 16.3. The molecular formula is C17H20N2O3. The molecule has 1 fully saturated rings. The Morgan fingerprint density at radius 3 is 2.86 bits per heavy atom. The highest BCUT2D eigenvalue weighted by Gasteiger charge is 2.24. The van der Waals surface area contributed by atoms with Crippen molar-refractivity contribution in [3.8, 4) is 0 Å². The molecule has 22 heavy (non-hydrogen) atoms.